The number of halogens is 1. The second-order valence-corrected chi connectivity index (χ2v) is 8.40. The van der Waals surface area contributed by atoms with E-state index in [1.807, 2.05) is 24.3 Å². The molecule has 0 amide bonds. The van der Waals surface area contributed by atoms with E-state index in [0.717, 1.165) is 22.3 Å². The van der Waals surface area contributed by atoms with Crippen LogP contribution in [0.4, 0.5) is 0 Å². The van der Waals surface area contributed by atoms with Gasteiger partial charge in [0.15, 0.2) is 0 Å². The Morgan fingerprint density at radius 2 is 1.50 bits per heavy atom. The molecule has 0 aliphatic carbocycles. The van der Waals surface area contributed by atoms with Crippen LogP contribution in [0.1, 0.15) is 17.0 Å². The van der Waals surface area contributed by atoms with Gasteiger partial charge in [-0.05, 0) is 30.3 Å². The molecule has 0 saturated carbocycles. The molecule has 0 radical (unpaired) electrons. The van der Waals surface area contributed by atoms with Crippen molar-refractivity contribution in [1.29, 1.82) is 0 Å². The lowest BCUT2D eigenvalue weighted by Gasteiger charge is -2.23. The highest BCUT2D eigenvalue weighted by molar-refractivity contribution is 6.35. The maximum atomic E-state index is 10.8. The van der Waals surface area contributed by atoms with Gasteiger partial charge in [-0.3, -0.25) is 14.9 Å². The predicted octanol–water partition coefficient (Wildman–Crippen LogP) is 3.57. The number of nitrogens with zero attached hydrogens (tertiary/aromatic N) is 3. The van der Waals surface area contributed by atoms with Gasteiger partial charge in [0.25, 0.3) is 0 Å². The summed E-state index contributed by atoms with van der Waals surface area (Å²) in [7, 11) is 0. The molecule has 0 fully saturated rings. The topological polar surface area (TPSA) is 86.2 Å². The molecule has 0 spiro atoms. The fourth-order valence-corrected chi connectivity index (χ4v) is 4.02. The Morgan fingerprint density at radius 3 is 2.18 bits per heavy atom. The number of benzene rings is 1. The van der Waals surface area contributed by atoms with Crippen molar-refractivity contribution >= 4 is 22.5 Å². The minimum Gasteiger partial charge on any atom is -0.505 e. The standard InChI is InChI=1S/C25H30ClN3O5/c26-23-15-19(25(30)24-22(23)5-2-6-27-24)16-29-7-9-31-11-13-33-17-20-3-1-4-21(28-20)18-34-14-12-32-10-8-29/h1-6,15,30H,7-14,16-18H2. The van der Waals surface area contributed by atoms with Crippen LogP contribution >= 0.6 is 11.6 Å². The first kappa shape index (κ1) is 24.8. The molecule has 0 unspecified atom stereocenters. The minimum absolute atomic E-state index is 0.153. The Balaban J connectivity index is 1.37. The summed E-state index contributed by atoms with van der Waals surface area (Å²) >= 11 is 6.46. The van der Waals surface area contributed by atoms with Crippen molar-refractivity contribution in [2.75, 3.05) is 52.7 Å². The molecule has 2 aromatic heterocycles. The zero-order valence-electron chi connectivity index (χ0n) is 19.1. The molecule has 3 aromatic rings. The third kappa shape index (κ3) is 7.09. The van der Waals surface area contributed by atoms with E-state index >= 15 is 0 Å². The summed E-state index contributed by atoms with van der Waals surface area (Å²) in [6.45, 7) is 5.70. The molecule has 9 heteroatoms. The van der Waals surface area contributed by atoms with Gasteiger partial charge in [-0.15, -0.1) is 0 Å². The Hall–Kier alpha value is -2.33. The van der Waals surface area contributed by atoms with Gasteiger partial charge in [-0.25, -0.2) is 0 Å². The van der Waals surface area contributed by atoms with E-state index in [1.165, 1.54) is 0 Å². The van der Waals surface area contributed by atoms with Crippen LogP contribution < -0.4 is 0 Å². The van der Waals surface area contributed by atoms with Crippen molar-refractivity contribution in [2.24, 2.45) is 0 Å². The van der Waals surface area contributed by atoms with E-state index in [9.17, 15) is 5.11 Å². The zero-order chi connectivity index (χ0) is 23.6. The number of hydrogen-bond acceptors (Lipinski definition) is 8. The van der Waals surface area contributed by atoms with Gasteiger partial charge in [-0.1, -0.05) is 17.7 Å². The fourth-order valence-electron chi connectivity index (χ4n) is 3.74. The maximum absolute atomic E-state index is 10.8. The predicted molar refractivity (Wildman–Crippen MR) is 129 cm³/mol. The second-order valence-electron chi connectivity index (χ2n) is 7.99. The molecule has 2 bridgehead atoms. The van der Waals surface area contributed by atoms with Crippen LogP contribution in [-0.4, -0.2) is 72.7 Å². The molecule has 1 aliphatic rings. The molecule has 34 heavy (non-hydrogen) atoms. The van der Waals surface area contributed by atoms with Crippen molar-refractivity contribution in [3.05, 3.63) is 64.6 Å². The van der Waals surface area contributed by atoms with Gasteiger partial charge in [0, 0.05) is 36.8 Å². The molecular formula is C25H30ClN3O5. The molecule has 4 rings (SSSR count). The first-order valence-electron chi connectivity index (χ1n) is 11.4. The van der Waals surface area contributed by atoms with Gasteiger partial charge >= 0.3 is 0 Å². The molecule has 1 aromatic carbocycles. The van der Waals surface area contributed by atoms with Gasteiger partial charge in [0.2, 0.25) is 0 Å². The number of hydrogen-bond donors (Lipinski definition) is 1. The third-order valence-corrected chi connectivity index (χ3v) is 5.81. The third-order valence-electron chi connectivity index (χ3n) is 5.50. The number of ether oxygens (including phenoxy) is 4. The van der Waals surface area contributed by atoms with Crippen LogP contribution in [-0.2, 0) is 38.7 Å². The van der Waals surface area contributed by atoms with Crippen LogP contribution in [0, 0.1) is 0 Å². The normalized spacial score (nSPS) is 17.8. The average Bonchev–Trinajstić information content (AvgIpc) is 2.85. The quantitative estimate of drug-likeness (QED) is 0.587. The summed E-state index contributed by atoms with van der Waals surface area (Å²) in [4.78, 5) is 11.0. The molecule has 182 valence electrons. The summed E-state index contributed by atoms with van der Waals surface area (Å²) < 4.78 is 22.9. The molecule has 0 saturated heterocycles. The van der Waals surface area contributed by atoms with E-state index in [1.54, 1.807) is 18.3 Å². The van der Waals surface area contributed by atoms with E-state index in [0.29, 0.717) is 83.0 Å². The van der Waals surface area contributed by atoms with Crippen molar-refractivity contribution in [3.8, 4) is 5.75 Å². The van der Waals surface area contributed by atoms with Crippen LogP contribution in [0.2, 0.25) is 5.02 Å². The summed E-state index contributed by atoms with van der Waals surface area (Å²) in [6, 6.07) is 11.3. The first-order chi connectivity index (χ1) is 16.7. The van der Waals surface area contributed by atoms with Crippen molar-refractivity contribution in [2.45, 2.75) is 19.8 Å². The Labute approximate surface area is 204 Å². The summed E-state index contributed by atoms with van der Waals surface area (Å²) in [5, 5.41) is 12.1. The Kier molecular flexibility index (Phi) is 9.44. The minimum atomic E-state index is 0.153. The average molecular weight is 488 g/mol. The highest BCUT2D eigenvalue weighted by Gasteiger charge is 2.15. The number of aromatic hydroxyl groups is 1. The lowest BCUT2D eigenvalue weighted by Crippen LogP contribution is -2.31. The van der Waals surface area contributed by atoms with Crippen LogP contribution in [0.25, 0.3) is 10.9 Å². The van der Waals surface area contributed by atoms with E-state index < -0.39 is 0 Å². The SMILES string of the molecule is Oc1c(CN2CCOCCOCc3cccc(n3)COCCOCC2)cc(Cl)c2cccnc12. The van der Waals surface area contributed by atoms with Crippen LogP contribution in [0.3, 0.4) is 0 Å². The molecule has 3 heterocycles. The Morgan fingerprint density at radius 1 is 0.853 bits per heavy atom. The smallest absolute Gasteiger partial charge is 0.146 e. The lowest BCUT2D eigenvalue weighted by molar-refractivity contribution is 0.0148. The van der Waals surface area contributed by atoms with Gasteiger partial charge in [0.05, 0.1) is 69.3 Å². The van der Waals surface area contributed by atoms with Gasteiger partial charge in [-0.2, -0.15) is 0 Å². The van der Waals surface area contributed by atoms with Crippen molar-refractivity contribution in [1.82, 2.24) is 14.9 Å². The monoisotopic (exact) mass is 487 g/mol. The number of aromatic nitrogens is 2. The summed E-state index contributed by atoms with van der Waals surface area (Å²) in [6.07, 6.45) is 1.65. The van der Waals surface area contributed by atoms with Gasteiger partial charge < -0.3 is 24.1 Å². The van der Waals surface area contributed by atoms with Crippen molar-refractivity contribution < 1.29 is 24.1 Å². The second kappa shape index (κ2) is 12.9. The first-order valence-corrected chi connectivity index (χ1v) is 11.8. The molecule has 8 nitrogen and oxygen atoms in total. The fraction of sp³-hybridized carbons (Fsp3) is 0.440. The maximum Gasteiger partial charge on any atom is 0.146 e. The van der Waals surface area contributed by atoms with E-state index in [2.05, 4.69) is 14.9 Å². The highest BCUT2D eigenvalue weighted by atomic mass is 35.5. The summed E-state index contributed by atoms with van der Waals surface area (Å²) in [5.74, 6) is 0.153. The largest absolute Gasteiger partial charge is 0.505 e. The molecule has 0 atom stereocenters. The van der Waals surface area contributed by atoms with E-state index in [4.69, 9.17) is 30.5 Å². The number of fused-ring (bicyclic) bond motifs is 3. The van der Waals surface area contributed by atoms with E-state index in [-0.39, 0.29) is 5.75 Å². The number of phenolic OH excluding ortho intramolecular Hbond substituents is 1. The highest BCUT2D eigenvalue weighted by Crippen LogP contribution is 2.33. The Bertz CT molecular complexity index is 1030. The lowest BCUT2D eigenvalue weighted by atomic mass is 10.1. The molecule has 1 aliphatic heterocycles. The van der Waals surface area contributed by atoms with Gasteiger partial charge in [0.1, 0.15) is 11.3 Å². The van der Waals surface area contributed by atoms with Crippen molar-refractivity contribution in [3.63, 3.8) is 0 Å². The molecule has 1 N–H and O–H groups in total. The van der Waals surface area contributed by atoms with Crippen LogP contribution in [0.5, 0.6) is 5.75 Å². The zero-order valence-corrected chi connectivity index (χ0v) is 19.9. The molecular weight excluding hydrogens is 458 g/mol. The summed E-state index contributed by atoms with van der Waals surface area (Å²) in [5.41, 5.74) is 2.96. The number of phenols is 1. The number of rotatable bonds is 2. The van der Waals surface area contributed by atoms with Crippen LogP contribution in [0.15, 0.2) is 42.6 Å². The number of pyridine rings is 2.